The molecule has 146 valence electrons. The van der Waals surface area contributed by atoms with Gasteiger partial charge in [0.1, 0.15) is 16.3 Å². The monoisotopic (exact) mass is 400 g/mol. The maximum absolute atomic E-state index is 12.9. The average Bonchev–Trinajstić information content (AvgIpc) is 3.01. The first kappa shape index (κ1) is 19.6. The summed E-state index contributed by atoms with van der Waals surface area (Å²) in [4.78, 5) is 18.1. The maximum Gasteiger partial charge on any atom is 0.401 e. The highest BCUT2D eigenvalue weighted by Crippen LogP contribution is 2.37. The minimum absolute atomic E-state index is 0.0680. The molecule has 0 saturated carbocycles. The molecule has 0 radical (unpaired) electrons. The molecule has 0 spiro atoms. The van der Waals surface area contributed by atoms with Gasteiger partial charge in [0, 0.05) is 17.6 Å². The largest absolute Gasteiger partial charge is 0.478 e. The second-order valence-electron chi connectivity index (χ2n) is 6.42. The van der Waals surface area contributed by atoms with E-state index in [0.29, 0.717) is 23.4 Å². The van der Waals surface area contributed by atoms with Gasteiger partial charge in [0.15, 0.2) is 6.23 Å². The number of carbonyl (C=O) groups is 1. The van der Waals surface area contributed by atoms with Crippen LogP contribution < -0.4 is 4.74 Å². The number of alkyl halides is 3. The second kappa shape index (κ2) is 7.85. The van der Waals surface area contributed by atoms with Crippen LogP contribution in [0.3, 0.4) is 0 Å². The van der Waals surface area contributed by atoms with Crippen molar-refractivity contribution in [1.29, 1.82) is 0 Å². The van der Waals surface area contributed by atoms with Crippen molar-refractivity contribution >= 4 is 17.3 Å². The van der Waals surface area contributed by atoms with Crippen LogP contribution >= 0.6 is 11.3 Å². The molecule has 1 aromatic carbocycles. The summed E-state index contributed by atoms with van der Waals surface area (Å²) in [6, 6.07) is 4.65. The number of benzene rings is 1. The lowest BCUT2D eigenvalue weighted by Crippen LogP contribution is -2.47. The van der Waals surface area contributed by atoms with E-state index in [-0.39, 0.29) is 17.9 Å². The standard InChI is InChI=1S/C18H19F3N2O3S/c1-11-9-22-16(27-11)12-5-4-6-13(17(24)25)15(12)26-14-7-2-3-8-23(14)10-18(19,20)21/h4-6,9,14H,2-3,7-8,10H2,1H3,(H,24,25). The van der Waals surface area contributed by atoms with Crippen molar-refractivity contribution in [2.24, 2.45) is 0 Å². The molecule has 0 aliphatic carbocycles. The van der Waals surface area contributed by atoms with Crippen LogP contribution in [0.4, 0.5) is 13.2 Å². The van der Waals surface area contributed by atoms with E-state index < -0.39 is 24.9 Å². The Balaban J connectivity index is 1.97. The van der Waals surface area contributed by atoms with Gasteiger partial charge in [-0.15, -0.1) is 11.3 Å². The zero-order valence-corrected chi connectivity index (χ0v) is 15.4. The summed E-state index contributed by atoms with van der Waals surface area (Å²) in [6.07, 6.45) is -1.75. The van der Waals surface area contributed by atoms with Gasteiger partial charge in [0.05, 0.1) is 12.1 Å². The summed E-state index contributed by atoms with van der Waals surface area (Å²) in [6.45, 7) is 1.04. The number of halogens is 3. The molecular weight excluding hydrogens is 381 g/mol. The van der Waals surface area contributed by atoms with Crippen LogP contribution in [0, 0.1) is 6.92 Å². The van der Waals surface area contributed by atoms with Crippen LogP contribution in [0.2, 0.25) is 0 Å². The first-order chi connectivity index (χ1) is 12.7. The normalized spacial score (nSPS) is 18.4. The topological polar surface area (TPSA) is 62.7 Å². The van der Waals surface area contributed by atoms with Gasteiger partial charge in [-0.2, -0.15) is 13.2 Å². The molecule has 2 heterocycles. The van der Waals surface area contributed by atoms with Gasteiger partial charge in [-0.05, 0) is 38.3 Å². The van der Waals surface area contributed by atoms with Crippen molar-refractivity contribution in [2.45, 2.75) is 38.6 Å². The highest BCUT2D eigenvalue weighted by molar-refractivity contribution is 7.15. The fourth-order valence-corrected chi connectivity index (χ4v) is 3.91. The third kappa shape index (κ3) is 4.78. The molecule has 2 aromatic rings. The van der Waals surface area contributed by atoms with Crippen molar-refractivity contribution in [3.63, 3.8) is 0 Å². The molecular formula is C18H19F3N2O3S. The summed E-state index contributed by atoms with van der Waals surface area (Å²) in [7, 11) is 0. The molecule has 1 aliphatic heterocycles. The Kier molecular flexibility index (Phi) is 5.71. The fourth-order valence-electron chi connectivity index (χ4n) is 3.12. The number of para-hydroxylation sites is 1. The summed E-state index contributed by atoms with van der Waals surface area (Å²) in [5.41, 5.74) is 0.392. The molecule has 1 aliphatic rings. The van der Waals surface area contributed by atoms with E-state index in [9.17, 15) is 23.1 Å². The van der Waals surface area contributed by atoms with Crippen LogP contribution in [0.1, 0.15) is 34.5 Å². The molecule has 1 fully saturated rings. The lowest BCUT2D eigenvalue weighted by Gasteiger charge is -2.36. The highest BCUT2D eigenvalue weighted by Gasteiger charge is 2.36. The predicted octanol–water partition coefficient (Wildman–Crippen LogP) is 4.57. The molecule has 9 heteroatoms. The number of aromatic carboxylic acids is 1. The molecule has 5 nitrogen and oxygen atoms in total. The first-order valence-electron chi connectivity index (χ1n) is 8.51. The fraction of sp³-hybridized carbons (Fsp3) is 0.444. The first-order valence-corrected chi connectivity index (χ1v) is 9.33. The Morgan fingerprint density at radius 1 is 1.41 bits per heavy atom. The summed E-state index contributed by atoms with van der Waals surface area (Å²) >= 11 is 1.37. The van der Waals surface area contributed by atoms with Crippen LogP contribution in [0.25, 0.3) is 10.6 Å². The van der Waals surface area contributed by atoms with Crippen molar-refractivity contribution in [3.8, 4) is 16.3 Å². The molecule has 1 unspecified atom stereocenters. The third-order valence-electron chi connectivity index (χ3n) is 4.29. The quantitative estimate of drug-likeness (QED) is 0.797. The Bertz CT molecular complexity index is 822. The minimum atomic E-state index is -4.35. The van der Waals surface area contributed by atoms with Gasteiger partial charge in [-0.25, -0.2) is 9.78 Å². The Labute approximate surface area is 158 Å². The zero-order valence-electron chi connectivity index (χ0n) is 14.6. The molecule has 1 aromatic heterocycles. The van der Waals surface area contributed by atoms with Gasteiger partial charge < -0.3 is 9.84 Å². The molecule has 1 N–H and O–H groups in total. The number of aryl methyl sites for hydroxylation is 1. The molecule has 1 atom stereocenters. The Morgan fingerprint density at radius 3 is 2.81 bits per heavy atom. The number of hydrogen-bond donors (Lipinski definition) is 1. The van der Waals surface area contributed by atoms with Gasteiger partial charge in [0.25, 0.3) is 0 Å². The zero-order chi connectivity index (χ0) is 19.6. The van der Waals surface area contributed by atoms with Crippen molar-refractivity contribution in [1.82, 2.24) is 9.88 Å². The second-order valence-corrected chi connectivity index (χ2v) is 7.65. The van der Waals surface area contributed by atoms with E-state index in [1.165, 1.54) is 22.3 Å². The lowest BCUT2D eigenvalue weighted by molar-refractivity contribution is -0.167. The number of thiazole rings is 1. The number of ether oxygens (including phenoxy) is 1. The number of aromatic nitrogens is 1. The van der Waals surface area contributed by atoms with E-state index in [4.69, 9.17) is 4.74 Å². The van der Waals surface area contributed by atoms with E-state index in [1.54, 1.807) is 18.3 Å². The number of piperidine rings is 1. The van der Waals surface area contributed by atoms with E-state index >= 15 is 0 Å². The van der Waals surface area contributed by atoms with E-state index in [2.05, 4.69) is 4.98 Å². The van der Waals surface area contributed by atoms with Crippen molar-refractivity contribution in [2.75, 3.05) is 13.1 Å². The van der Waals surface area contributed by atoms with Gasteiger partial charge in [0.2, 0.25) is 0 Å². The molecule has 0 bridgehead atoms. The minimum Gasteiger partial charge on any atom is -0.478 e. The number of likely N-dealkylation sites (tertiary alicyclic amines) is 1. The number of carboxylic acid groups (broad SMARTS) is 1. The summed E-state index contributed by atoms with van der Waals surface area (Å²) in [5, 5.41) is 10.1. The van der Waals surface area contributed by atoms with Crippen LogP contribution in [0.15, 0.2) is 24.4 Å². The highest BCUT2D eigenvalue weighted by atomic mass is 32.1. The molecule has 27 heavy (non-hydrogen) atoms. The number of hydrogen-bond acceptors (Lipinski definition) is 5. The number of nitrogens with zero attached hydrogens (tertiary/aromatic N) is 2. The smallest absolute Gasteiger partial charge is 0.401 e. The molecule has 0 amide bonds. The van der Waals surface area contributed by atoms with Gasteiger partial charge in [-0.1, -0.05) is 6.07 Å². The van der Waals surface area contributed by atoms with Gasteiger partial charge in [-0.3, -0.25) is 4.90 Å². The van der Waals surface area contributed by atoms with Crippen LogP contribution in [-0.2, 0) is 0 Å². The SMILES string of the molecule is Cc1cnc(-c2cccc(C(=O)O)c2OC2CCCCN2CC(F)(F)F)s1. The Morgan fingerprint density at radius 2 is 2.19 bits per heavy atom. The third-order valence-corrected chi connectivity index (χ3v) is 5.23. The van der Waals surface area contributed by atoms with Crippen molar-refractivity contribution < 1.29 is 27.8 Å². The summed E-state index contributed by atoms with van der Waals surface area (Å²) < 4.78 is 44.6. The van der Waals surface area contributed by atoms with E-state index in [0.717, 1.165) is 11.3 Å². The number of carboxylic acids is 1. The number of rotatable bonds is 5. The lowest BCUT2D eigenvalue weighted by atomic mass is 10.1. The average molecular weight is 400 g/mol. The van der Waals surface area contributed by atoms with E-state index in [1.807, 2.05) is 6.92 Å². The molecule has 3 rings (SSSR count). The Hall–Kier alpha value is -2.13. The van der Waals surface area contributed by atoms with Crippen molar-refractivity contribution in [3.05, 3.63) is 34.8 Å². The van der Waals surface area contributed by atoms with Gasteiger partial charge >= 0.3 is 12.1 Å². The summed E-state index contributed by atoms with van der Waals surface area (Å²) in [5.74, 6) is -1.13. The maximum atomic E-state index is 12.9. The predicted molar refractivity (Wildman–Crippen MR) is 95.1 cm³/mol. The van der Waals surface area contributed by atoms with Crippen LogP contribution in [0.5, 0.6) is 5.75 Å². The van der Waals surface area contributed by atoms with Crippen LogP contribution in [-0.4, -0.2) is 46.5 Å². The molecule has 1 saturated heterocycles.